The van der Waals surface area contributed by atoms with Crippen LogP contribution in [0.2, 0.25) is 0 Å². The number of fused-ring (bicyclic) bond motifs is 1. The Morgan fingerprint density at radius 3 is 2.31 bits per heavy atom. The van der Waals surface area contributed by atoms with Gasteiger partial charge in [0.15, 0.2) is 0 Å². The molecular formula is C11H18O2. The molecule has 0 aromatic heterocycles. The minimum Gasteiger partial charge on any atom is -0.481 e. The van der Waals surface area contributed by atoms with Crippen molar-refractivity contribution in [2.45, 2.75) is 40.0 Å². The van der Waals surface area contributed by atoms with Crippen LogP contribution in [0.5, 0.6) is 0 Å². The predicted octanol–water partition coefficient (Wildman–Crippen LogP) is 2.53. The van der Waals surface area contributed by atoms with Crippen LogP contribution in [0.25, 0.3) is 0 Å². The number of rotatable bonds is 2. The molecule has 0 aromatic rings. The normalized spacial score (nSPS) is 47.8. The predicted molar refractivity (Wildman–Crippen MR) is 50.4 cm³/mol. The molecule has 0 bridgehead atoms. The molecule has 0 heterocycles. The highest BCUT2D eigenvalue weighted by molar-refractivity contribution is 5.76. The molecule has 2 fully saturated rings. The van der Waals surface area contributed by atoms with Crippen LogP contribution in [0.4, 0.5) is 0 Å². The van der Waals surface area contributed by atoms with E-state index in [2.05, 4.69) is 13.8 Å². The zero-order valence-corrected chi connectivity index (χ0v) is 8.63. The van der Waals surface area contributed by atoms with Crippen LogP contribution in [0.3, 0.4) is 0 Å². The van der Waals surface area contributed by atoms with Gasteiger partial charge in [0.2, 0.25) is 0 Å². The van der Waals surface area contributed by atoms with E-state index in [1.54, 1.807) is 0 Å². The van der Waals surface area contributed by atoms with E-state index < -0.39 is 11.4 Å². The molecule has 74 valence electrons. The van der Waals surface area contributed by atoms with Crippen molar-refractivity contribution in [1.29, 1.82) is 0 Å². The zero-order valence-electron chi connectivity index (χ0n) is 8.63. The minimum atomic E-state index is -0.586. The summed E-state index contributed by atoms with van der Waals surface area (Å²) in [5.74, 6) is 0.522. The average Bonchev–Trinajstić information content (AvgIpc) is 2.70. The molecule has 1 N–H and O–H groups in total. The third kappa shape index (κ3) is 0.918. The summed E-state index contributed by atoms with van der Waals surface area (Å²) in [6.45, 7) is 6.39. The molecule has 2 aliphatic rings. The van der Waals surface area contributed by atoms with E-state index in [4.69, 9.17) is 5.11 Å². The Bertz CT molecular complexity index is 259. The van der Waals surface area contributed by atoms with Crippen LogP contribution < -0.4 is 0 Å². The van der Waals surface area contributed by atoms with Gasteiger partial charge in [-0.15, -0.1) is 0 Å². The third-order valence-electron chi connectivity index (χ3n) is 4.64. The van der Waals surface area contributed by atoms with Gasteiger partial charge in [-0.25, -0.2) is 0 Å². The third-order valence-corrected chi connectivity index (χ3v) is 4.64. The van der Waals surface area contributed by atoms with Crippen LogP contribution in [0.15, 0.2) is 0 Å². The van der Waals surface area contributed by atoms with Gasteiger partial charge in [-0.1, -0.05) is 13.8 Å². The molecule has 0 aromatic carbocycles. The molecule has 2 aliphatic carbocycles. The van der Waals surface area contributed by atoms with Gasteiger partial charge in [0.1, 0.15) is 0 Å². The van der Waals surface area contributed by atoms with Crippen molar-refractivity contribution in [2.75, 3.05) is 0 Å². The Morgan fingerprint density at radius 1 is 1.46 bits per heavy atom. The largest absolute Gasteiger partial charge is 0.481 e. The SMILES string of the molecule is CC(C)C12CCC(C)(C(=O)O)C1C2. The monoisotopic (exact) mass is 182 g/mol. The van der Waals surface area contributed by atoms with Crippen molar-refractivity contribution in [2.24, 2.45) is 22.7 Å². The lowest BCUT2D eigenvalue weighted by Gasteiger charge is -2.19. The summed E-state index contributed by atoms with van der Waals surface area (Å²) in [5, 5.41) is 9.17. The second-order valence-corrected chi connectivity index (χ2v) is 5.37. The number of carboxylic acid groups (broad SMARTS) is 1. The highest BCUT2D eigenvalue weighted by atomic mass is 16.4. The van der Waals surface area contributed by atoms with Crippen molar-refractivity contribution < 1.29 is 9.90 Å². The number of hydrogen-bond acceptors (Lipinski definition) is 1. The molecule has 0 radical (unpaired) electrons. The lowest BCUT2D eigenvalue weighted by molar-refractivity contribution is -0.148. The summed E-state index contributed by atoms with van der Waals surface area (Å²) in [5.41, 5.74) is -0.0165. The first kappa shape index (κ1) is 9.04. The van der Waals surface area contributed by atoms with Gasteiger partial charge in [-0.2, -0.15) is 0 Å². The molecule has 2 rings (SSSR count). The Morgan fingerprint density at radius 2 is 2.08 bits per heavy atom. The van der Waals surface area contributed by atoms with Gasteiger partial charge in [0.05, 0.1) is 5.41 Å². The molecule has 2 nitrogen and oxygen atoms in total. The highest BCUT2D eigenvalue weighted by Crippen LogP contribution is 2.74. The summed E-state index contributed by atoms with van der Waals surface area (Å²) >= 11 is 0. The van der Waals surface area contributed by atoms with E-state index >= 15 is 0 Å². The number of aliphatic carboxylic acids is 1. The Balaban J connectivity index is 2.22. The van der Waals surface area contributed by atoms with E-state index in [9.17, 15) is 4.79 Å². The van der Waals surface area contributed by atoms with Gasteiger partial charge in [-0.05, 0) is 43.4 Å². The van der Waals surface area contributed by atoms with Gasteiger partial charge < -0.3 is 5.11 Å². The van der Waals surface area contributed by atoms with Crippen LogP contribution >= 0.6 is 0 Å². The molecule has 2 heteroatoms. The van der Waals surface area contributed by atoms with Crippen molar-refractivity contribution in [1.82, 2.24) is 0 Å². The Labute approximate surface area is 79.3 Å². The van der Waals surface area contributed by atoms with Crippen LogP contribution in [0, 0.1) is 22.7 Å². The molecule has 3 unspecified atom stereocenters. The van der Waals surface area contributed by atoms with Gasteiger partial charge in [-0.3, -0.25) is 4.79 Å². The van der Waals surface area contributed by atoms with Crippen LogP contribution in [-0.2, 0) is 4.79 Å². The first-order valence-corrected chi connectivity index (χ1v) is 5.17. The van der Waals surface area contributed by atoms with Crippen molar-refractivity contribution in [3.8, 4) is 0 Å². The summed E-state index contributed by atoms with van der Waals surface area (Å²) < 4.78 is 0. The van der Waals surface area contributed by atoms with E-state index in [1.165, 1.54) is 0 Å². The lowest BCUT2D eigenvalue weighted by atomic mass is 9.84. The van der Waals surface area contributed by atoms with Crippen molar-refractivity contribution in [3.05, 3.63) is 0 Å². The summed E-state index contributed by atoms with van der Waals surface area (Å²) in [6, 6.07) is 0. The summed E-state index contributed by atoms with van der Waals surface area (Å²) in [7, 11) is 0. The summed E-state index contributed by atoms with van der Waals surface area (Å²) in [4.78, 5) is 11.1. The maximum Gasteiger partial charge on any atom is 0.309 e. The molecule has 0 spiro atoms. The number of carbonyl (C=O) groups is 1. The van der Waals surface area contributed by atoms with E-state index in [0.717, 1.165) is 19.3 Å². The van der Waals surface area contributed by atoms with E-state index in [-0.39, 0.29) is 0 Å². The molecule has 13 heavy (non-hydrogen) atoms. The lowest BCUT2D eigenvalue weighted by Crippen LogP contribution is -2.27. The Kier molecular flexibility index (Phi) is 1.59. The number of hydrogen-bond donors (Lipinski definition) is 1. The van der Waals surface area contributed by atoms with Crippen LogP contribution in [0.1, 0.15) is 40.0 Å². The smallest absolute Gasteiger partial charge is 0.309 e. The molecule has 0 amide bonds. The first-order valence-electron chi connectivity index (χ1n) is 5.17. The van der Waals surface area contributed by atoms with Gasteiger partial charge >= 0.3 is 5.97 Å². The fourth-order valence-electron chi connectivity index (χ4n) is 3.31. The fraction of sp³-hybridized carbons (Fsp3) is 0.909. The topological polar surface area (TPSA) is 37.3 Å². The fourth-order valence-corrected chi connectivity index (χ4v) is 3.31. The summed E-state index contributed by atoms with van der Waals surface area (Å²) in [6.07, 6.45) is 3.15. The maximum absolute atomic E-state index is 11.1. The van der Waals surface area contributed by atoms with Crippen molar-refractivity contribution >= 4 is 5.97 Å². The van der Waals surface area contributed by atoms with Crippen LogP contribution in [-0.4, -0.2) is 11.1 Å². The molecule has 3 atom stereocenters. The average molecular weight is 182 g/mol. The van der Waals surface area contributed by atoms with Gasteiger partial charge in [0.25, 0.3) is 0 Å². The molecular weight excluding hydrogens is 164 g/mol. The van der Waals surface area contributed by atoms with E-state index in [1.807, 2.05) is 6.92 Å². The minimum absolute atomic E-state index is 0.396. The highest BCUT2D eigenvalue weighted by Gasteiger charge is 2.69. The Hall–Kier alpha value is -0.530. The molecule has 0 aliphatic heterocycles. The number of carboxylic acids is 1. The maximum atomic E-state index is 11.1. The standard InChI is InChI=1S/C11H18O2/c1-7(2)11-5-4-10(3,9(12)13)8(11)6-11/h7-8H,4-6H2,1-3H3,(H,12,13). The molecule has 2 saturated carbocycles. The van der Waals surface area contributed by atoms with E-state index in [0.29, 0.717) is 17.3 Å². The quantitative estimate of drug-likeness (QED) is 0.712. The second kappa shape index (κ2) is 2.28. The molecule has 0 saturated heterocycles. The van der Waals surface area contributed by atoms with Crippen molar-refractivity contribution in [3.63, 3.8) is 0 Å². The zero-order chi connectivity index (χ0) is 9.85. The van der Waals surface area contributed by atoms with Gasteiger partial charge in [0, 0.05) is 0 Å². The second-order valence-electron chi connectivity index (χ2n) is 5.37. The first-order chi connectivity index (χ1) is 5.93.